The fraction of sp³-hybridized carbons (Fsp3) is 0.364. The zero-order valence-corrected chi connectivity index (χ0v) is 8.73. The van der Waals surface area contributed by atoms with Crippen LogP contribution in [-0.4, -0.2) is 35.2 Å². The van der Waals surface area contributed by atoms with Gasteiger partial charge in [-0.25, -0.2) is 0 Å². The van der Waals surface area contributed by atoms with Crippen molar-refractivity contribution in [2.45, 2.75) is 18.9 Å². The molecule has 1 fully saturated rings. The number of amides is 3. The van der Waals surface area contributed by atoms with Crippen molar-refractivity contribution >= 4 is 17.7 Å². The van der Waals surface area contributed by atoms with Crippen LogP contribution in [0, 0.1) is 0 Å². The maximum atomic E-state index is 11.8. The van der Waals surface area contributed by atoms with Gasteiger partial charge in [-0.2, -0.15) is 0 Å². The minimum absolute atomic E-state index is 0.190. The van der Waals surface area contributed by atoms with Crippen molar-refractivity contribution in [1.29, 1.82) is 0 Å². The van der Waals surface area contributed by atoms with Crippen molar-refractivity contribution < 1.29 is 14.4 Å². The van der Waals surface area contributed by atoms with Gasteiger partial charge in [0.2, 0.25) is 11.8 Å². The minimum atomic E-state index is -0.529. The molecule has 16 heavy (non-hydrogen) atoms. The van der Waals surface area contributed by atoms with Crippen LogP contribution in [0.1, 0.15) is 12.8 Å². The second-order valence-corrected chi connectivity index (χ2v) is 3.79. The lowest BCUT2D eigenvalue weighted by Gasteiger charge is -2.29. The van der Waals surface area contributed by atoms with E-state index in [4.69, 9.17) is 0 Å². The van der Waals surface area contributed by atoms with E-state index in [0.717, 1.165) is 0 Å². The van der Waals surface area contributed by atoms with Crippen LogP contribution in [0.25, 0.3) is 0 Å². The Balaban J connectivity index is 2.10. The molecule has 2 aliphatic heterocycles. The molecule has 2 heterocycles. The van der Waals surface area contributed by atoms with E-state index in [9.17, 15) is 14.4 Å². The number of imide groups is 1. The van der Waals surface area contributed by atoms with E-state index < -0.39 is 6.04 Å². The highest BCUT2D eigenvalue weighted by Gasteiger charge is 2.36. The maximum Gasteiger partial charge on any atom is 0.254 e. The SMILES string of the molecule is C=CC1=CCN(C2CCC(=O)NC2=O)C1=O. The standard InChI is InChI=1S/C11H12N2O3/c1-2-7-5-6-13(11(7)16)8-3-4-9(14)12-10(8)15/h2,5,8H,1,3-4,6H2,(H,12,14,15). The van der Waals surface area contributed by atoms with Gasteiger partial charge in [-0.05, 0) is 6.42 Å². The zero-order chi connectivity index (χ0) is 11.7. The van der Waals surface area contributed by atoms with Gasteiger partial charge in [0.15, 0.2) is 0 Å². The van der Waals surface area contributed by atoms with Crippen LogP contribution in [0.4, 0.5) is 0 Å². The van der Waals surface area contributed by atoms with Crippen molar-refractivity contribution in [2.24, 2.45) is 0 Å². The predicted molar refractivity (Wildman–Crippen MR) is 56.2 cm³/mol. The predicted octanol–water partition coefficient (Wildman–Crippen LogP) is -0.254. The van der Waals surface area contributed by atoms with Gasteiger partial charge in [-0.1, -0.05) is 18.7 Å². The highest BCUT2D eigenvalue weighted by molar-refractivity contribution is 6.05. The molecule has 0 aromatic rings. The fourth-order valence-electron chi connectivity index (χ4n) is 1.95. The van der Waals surface area contributed by atoms with E-state index in [1.807, 2.05) is 0 Å². The Morgan fingerprint density at radius 3 is 2.75 bits per heavy atom. The van der Waals surface area contributed by atoms with E-state index in [1.54, 1.807) is 6.08 Å². The third-order valence-corrected chi connectivity index (χ3v) is 2.82. The smallest absolute Gasteiger partial charge is 0.254 e. The number of rotatable bonds is 2. The molecule has 0 aliphatic carbocycles. The van der Waals surface area contributed by atoms with Gasteiger partial charge in [0.1, 0.15) is 6.04 Å². The summed E-state index contributed by atoms with van der Waals surface area (Å²) in [7, 11) is 0. The van der Waals surface area contributed by atoms with Crippen LogP contribution in [0.2, 0.25) is 0 Å². The number of carbonyl (C=O) groups is 3. The highest BCUT2D eigenvalue weighted by atomic mass is 16.2. The van der Waals surface area contributed by atoms with E-state index in [2.05, 4.69) is 11.9 Å². The first kappa shape index (κ1) is 10.6. The summed E-state index contributed by atoms with van der Waals surface area (Å²) in [5.41, 5.74) is 0.518. The normalized spacial score (nSPS) is 25.5. The molecule has 1 N–H and O–H groups in total. The van der Waals surface area contributed by atoms with E-state index in [1.165, 1.54) is 11.0 Å². The lowest BCUT2D eigenvalue weighted by atomic mass is 10.0. The number of nitrogens with zero attached hydrogens (tertiary/aromatic N) is 1. The molecule has 1 unspecified atom stereocenters. The van der Waals surface area contributed by atoms with Crippen LogP contribution in [0.15, 0.2) is 24.3 Å². The van der Waals surface area contributed by atoms with Gasteiger partial charge < -0.3 is 4.90 Å². The van der Waals surface area contributed by atoms with Crippen LogP contribution in [-0.2, 0) is 14.4 Å². The number of piperidine rings is 1. The molecule has 5 heteroatoms. The summed E-state index contributed by atoms with van der Waals surface area (Å²) in [5, 5.41) is 2.24. The summed E-state index contributed by atoms with van der Waals surface area (Å²) in [6.45, 7) is 3.94. The number of carbonyl (C=O) groups excluding carboxylic acids is 3. The van der Waals surface area contributed by atoms with E-state index in [0.29, 0.717) is 18.5 Å². The Hall–Kier alpha value is -1.91. The Bertz CT molecular complexity index is 411. The number of nitrogens with one attached hydrogen (secondary N) is 1. The third-order valence-electron chi connectivity index (χ3n) is 2.82. The highest BCUT2D eigenvalue weighted by Crippen LogP contribution is 2.20. The molecular formula is C11H12N2O3. The largest absolute Gasteiger partial charge is 0.323 e. The quantitative estimate of drug-likeness (QED) is 0.652. The lowest BCUT2D eigenvalue weighted by molar-refractivity contribution is -0.142. The first-order valence-electron chi connectivity index (χ1n) is 5.10. The molecule has 0 saturated carbocycles. The van der Waals surface area contributed by atoms with Crippen molar-refractivity contribution in [3.8, 4) is 0 Å². The summed E-state index contributed by atoms with van der Waals surface area (Å²) in [4.78, 5) is 35.8. The first-order chi connectivity index (χ1) is 7.63. The van der Waals surface area contributed by atoms with E-state index in [-0.39, 0.29) is 24.1 Å². The van der Waals surface area contributed by atoms with Crippen molar-refractivity contribution in [3.05, 3.63) is 24.3 Å². The fourth-order valence-corrected chi connectivity index (χ4v) is 1.95. The third kappa shape index (κ3) is 1.64. The monoisotopic (exact) mass is 220 g/mol. The van der Waals surface area contributed by atoms with Crippen molar-refractivity contribution in [2.75, 3.05) is 6.54 Å². The Kier molecular flexibility index (Phi) is 2.60. The van der Waals surface area contributed by atoms with Crippen LogP contribution in [0.5, 0.6) is 0 Å². The summed E-state index contributed by atoms with van der Waals surface area (Å²) >= 11 is 0. The van der Waals surface area contributed by atoms with Gasteiger partial charge in [-0.3, -0.25) is 19.7 Å². The zero-order valence-electron chi connectivity index (χ0n) is 8.73. The molecule has 2 rings (SSSR count). The van der Waals surface area contributed by atoms with E-state index >= 15 is 0 Å². The summed E-state index contributed by atoms with van der Waals surface area (Å²) in [5.74, 6) is -0.849. The minimum Gasteiger partial charge on any atom is -0.323 e. The topological polar surface area (TPSA) is 66.5 Å². The summed E-state index contributed by atoms with van der Waals surface area (Å²) in [6.07, 6.45) is 3.89. The van der Waals surface area contributed by atoms with Crippen LogP contribution in [0.3, 0.4) is 0 Å². The molecule has 1 saturated heterocycles. The average molecular weight is 220 g/mol. The summed E-state index contributed by atoms with van der Waals surface area (Å²) < 4.78 is 0. The number of hydrogen-bond donors (Lipinski definition) is 1. The molecule has 1 atom stereocenters. The Morgan fingerprint density at radius 1 is 1.44 bits per heavy atom. The molecule has 2 aliphatic rings. The second-order valence-electron chi connectivity index (χ2n) is 3.79. The van der Waals surface area contributed by atoms with Gasteiger partial charge >= 0.3 is 0 Å². The molecule has 5 nitrogen and oxygen atoms in total. The first-order valence-corrected chi connectivity index (χ1v) is 5.10. The molecular weight excluding hydrogens is 208 g/mol. The second kappa shape index (κ2) is 3.92. The van der Waals surface area contributed by atoms with Gasteiger partial charge in [0.25, 0.3) is 5.91 Å². The molecule has 0 aromatic carbocycles. The molecule has 0 aromatic heterocycles. The Morgan fingerprint density at radius 2 is 2.19 bits per heavy atom. The maximum absolute atomic E-state index is 11.8. The van der Waals surface area contributed by atoms with Gasteiger partial charge in [0.05, 0.1) is 0 Å². The van der Waals surface area contributed by atoms with Crippen LogP contribution >= 0.6 is 0 Å². The molecule has 84 valence electrons. The Labute approximate surface area is 92.8 Å². The lowest BCUT2D eigenvalue weighted by Crippen LogP contribution is -2.53. The molecule has 0 radical (unpaired) electrons. The van der Waals surface area contributed by atoms with Gasteiger partial charge in [-0.15, -0.1) is 0 Å². The summed E-state index contributed by atoms with van der Waals surface area (Å²) in [6, 6.07) is -0.529. The molecule has 0 spiro atoms. The van der Waals surface area contributed by atoms with Crippen LogP contribution < -0.4 is 5.32 Å². The van der Waals surface area contributed by atoms with Gasteiger partial charge in [0, 0.05) is 18.5 Å². The van der Waals surface area contributed by atoms with Crippen molar-refractivity contribution in [1.82, 2.24) is 10.2 Å². The number of hydrogen-bond acceptors (Lipinski definition) is 3. The molecule has 3 amide bonds. The van der Waals surface area contributed by atoms with Crippen molar-refractivity contribution in [3.63, 3.8) is 0 Å². The average Bonchev–Trinajstić information content (AvgIpc) is 2.60. The molecule has 0 bridgehead atoms.